The van der Waals surface area contributed by atoms with Crippen molar-refractivity contribution >= 4 is 6.34 Å². The van der Waals surface area contributed by atoms with Gasteiger partial charge in [0, 0.05) is 33.2 Å². The lowest BCUT2D eigenvalue weighted by Gasteiger charge is -2.27. The summed E-state index contributed by atoms with van der Waals surface area (Å²) in [4.78, 5) is 4.32. The van der Waals surface area contributed by atoms with Crippen LogP contribution in [0.5, 0.6) is 0 Å². The van der Waals surface area contributed by atoms with Crippen LogP contribution in [0.3, 0.4) is 0 Å². The summed E-state index contributed by atoms with van der Waals surface area (Å²) in [5, 5.41) is 7.00. The molecule has 76 valence electrons. The third-order valence-corrected chi connectivity index (χ3v) is 2.31. The van der Waals surface area contributed by atoms with Crippen LogP contribution in [0.15, 0.2) is 0 Å². The SMILES string of the molecule is CN(C=N)CCCN1CCOCC1. The Morgan fingerprint density at radius 2 is 2.15 bits per heavy atom. The van der Waals surface area contributed by atoms with Gasteiger partial charge in [0.15, 0.2) is 0 Å². The normalized spacial score (nSPS) is 18.5. The van der Waals surface area contributed by atoms with Crippen LogP contribution in [-0.4, -0.2) is 62.6 Å². The molecule has 1 fully saturated rings. The van der Waals surface area contributed by atoms with Crippen molar-refractivity contribution in [3.8, 4) is 0 Å². The van der Waals surface area contributed by atoms with Gasteiger partial charge in [0.25, 0.3) is 0 Å². The quantitative estimate of drug-likeness (QED) is 0.493. The topological polar surface area (TPSA) is 39.6 Å². The van der Waals surface area contributed by atoms with Crippen molar-refractivity contribution in [1.29, 1.82) is 5.41 Å². The second kappa shape index (κ2) is 5.94. The molecule has 1 aliphatic heterocycles. The maximum Gasteiger partial charge on any atom is 0.0814 e. The molecule has 4 heteroatoms. The molecular formula is C9H19N3O. The van der Waals surface area contributed by atoms with E-state index in [1.54, 1.807) is 0 Å². The Bertz CT molecular complexity index is 146. The summed E-state index contributed by atoms with van der Waals surface area (Å²) in [5.74, 6) is 0. The number of nitrogens with one attached hydrogen (secondary N) is 1. The van der Waals surface area contributed by atoms with Gasteiger partial charge in [-0.25, -0.2) is 0 Å². The van der Waals surface area contributed by atoms with E-state index in [0.717, 1.165) is 45.8 Å². The van der Waals surface area contributed by atoms with E-state index in [1.165, 1.54) is 6.34 Å². The van der Waals surface area contributed by atoms with Gasteiger partial charge in [0.05, 0.1) is 19.6 Å². The molecule has 0 radical (unpaired) electrons. The first kappa shape index (κ1) is 10.5. The Kier molecular flexibility index (Phi) is 4.78. The smallest absolute Gasteiger partial charge is 0.0814 e. The molecule has 0 amide bonds. The zero-order chi connectivity index (χ0) is 9.52. The summed E-state index contributed by atoms with van der Waals surface area (Å²) in [7, 11) is 1.94. The second-order valence-electron chi connectivity index (χ2n) is 3.42. The number of hydrogen-bond acceptors (Lipinski definition) is 3. The largest absolute Gasteiger partial charge is 0.379 e. The average molecular weight is 185 g/mol. The molecule has 0 aromatic heterocycles. The van der Waals surface area contributed by atoms with Gasteiger partial charge in [-0.2, -0.15) is 0 Å². The number of hydrogen-bond donors (Lipinski definition) is 1. The second-order valence-corrected chi connectivity index (χ2v) is 3.42. The zero-order valence-electron chi connectivity index (χ0n) is 8.33. The molecule has 1 saturated heterocycles. The lowest BCUT2D eigenvalue weighted by molar-refractivity contribution is 0.0370. The summed E-state index contributed by atoms with van der Waals surface area (Å²) in [5.41, 5.74) is 0. The molecule has 0 aromatic rings. The van der Waals surface area contributed by atoms with Crippen molar-refractivity contribution in [3.63, 3.8) is 0 Å². The zero-order valence-corrected chi connectivity index (χ0v) is 8.33. The fraction of sp³-hybridized carbons (Fsp3) is 0.889. The predicted molar refractivity (Wildman–Crippen MR) is 53.3 cm³/mol. The van der Waals surface area contributed by atoms with Gasteiger partial charge in [-0.1, -0.05) is 0 Å². The van der Waals surface area contributed by atoms with Crippen molar-refractivity contribution < 1.29 is 4.74 Å². The van der Waals surface area contributed by atoms with Crippen LogP contribution in [0.25, 0.3) is 0 Å². The monoisotopic (exact) mass is 185 g/mol. The first-order chi connectivity index (χ1) is 6.33. The summed E-state index contributed by atoms with van der Waals surface area (Å²) in [6.45, 7) is 5.98. The lowest BCUT2D eigenvalue weighted by Crippen LogP contribution is -2.37. The van der Waals surface area contributed by atoms with Crippen molar-refractivity contribution in [1.82, 2.24) is 9.80 Å². The van der Waals surface area contributed by atoms with Crippen LogP contribution in [0.2, 0.25) is 0 Å². The minimum absolute atomic E-state index is 0.875. The maximum atomic E-state index is 7.00. The molecule has 0 atom stereocenters. The molecule has 0 unspecified atom stereocenters. The number of ether oxygens (including phenoxy) is 1. The Hall–Kier alpha value is -0.610. The van der Waals surface area contributed by atoms with Gasteiger partial charge in [0.2, 0.25) is 0 Å². The van der Waals surface area contributed by atoms with E-state index in [9.17, 15) is 0 Å². The third-order valence-electron chi connectivity index (χ3n) is 2.31. The molecule has 13 heavy (non-hydrogen) atoms. The highest BCUT2D eigenvalue weighted by atomic mass is 16.5. The molecule has 0 saturated carbocycles. The van der Waals surface area contributed by atoms with Crippen LogP contribution in [0, 0.1) is 5.41 Å². The van der Waals surface area contributed by atoms with Crippen LogP contribution in [0.1, 0.15) is 6.42 Å². The van der Waals surface area contributed by atoms with E-state index in [-0.39, 0.29) is 0 Å². The van der Waals surface area contributed by atoms with Gasteiger partial charge in [-0.05, 0) is 6.42 Å². The number of nitrogens with zero attached hydrogens (tertiary/aromatic N) is 2. The molecule has 0 aromatic carbocycles. The van der Waals surface area contributed by atoms with E-state index in [0.29, 0.717) is 0 Å². The van der Waals surface area contributed by atoms with Gasteiger partial charge in [-0.15, -0.1) is 0 Å². The Morgan fingerprint density at radius 3 is 2.77 bits per heavy atom. The summed E-state index contributed by atoms with van der Waals surface area (Å²) < 4.78 is 5.26. The van der Waals surface area contributed by atoms with E-state index in [1.807, 2.05) is 11.9 Å². The van der Waals surface area contributed by atoms with Crippen LogP contribution in [-0.2, 0) is 4.74 Å². The predicted octanol–water partition coefficient (Wildman–Crippen LogP) is 0.248. The minimum Gasteiger partial charge on any atom is -0.379 e. The first-order valence-corrected chi connectivity index (χ1v) is 4.84. The highest BCUT2D eigenvalue weighted by Crippen LogP contribution is 1.98. The Balaban J connectivity index is 2.01. The van der Waals surface area contributed by atoms with Gasteiger partial charge >= 0.3 is 0 Å². The summed E-state index contributed by atoms with van der Waals surface area (Å²) in [6, 6.07) is 0. The molecular weight excluding hydrogens is 166 g/mol. The van der Waals surface area contributed by atoms with E-state index < -0.39 is 0 Å². The van der Waals surface area contributed by atoms with E-state index >= 15 is 0 Å². The molecule has 0 bridgehead atoms. The number of rotatable bonds is 5. The molecule has 4 nitrogen and oxygen atoms in total. The van der Waals surface area contributed by atoms with Crippen molar-refractivity contribution in [2.75, 3.05) is 46.4 Å². The Morgan fingerprint density at radius 1 is 1.46 bits per heavy atom. The molecule has 1 N–H and O–H groups in total. The minimum atomic E-state index is 0.875. The van der Waals surface area contributed by atoms with Gasteiger partial charge in [0.1, 0.15) is 0 Å². The highest BCUT2D eigenvalue weighted by molar-refractivity contribution is 5.49. The standard InChI is InChI=1S/C9H19N3O/c1-11(9-10)3-2-4-12-5-7-13-8-6-12/h9-10H,2-8H2,1H3. The molecule has 0 aliphatic carbocycles. The van der Waals surface area contributed by atoms with Crippen LogP contribution < -0.4 is 0 Å². The van der Waals surface area contributed by atoms with Gasteiger partial charge in [-0.3, -0.25) is 10.3 Å². The average Bonchev–Trinajstić information content (AvgIpc) is 2.19. The molecule has 1 aliphatic rings. The van der Waals surface area contributed by atoms with Crippen LogP contribution >= 0.6 is 0 Å². The summed E-state index contributed by atoms with van der Waals surface area (Å²) >= 11 is 0. The fourth-order valence-electron chi connectivity index (χ4n) is 1.43. The summed E-state index contributed by atoms with van der Waals surface area (Å²) in [6.07, 6.45) is 2.51. The third kappa shape index (κ3) is 4.24. The van der Waals surface area contributed by atoms with Crippen LogP contribution in [0.4, 0.5) is 0 Å². The first-order valence-electron chi connectivity index (χ1n) is 4.84. The van der Waals surface area contributed by atoms with Crippen molar-refractivity contribution in [2.45, 2.75) is 6.42 Å². The fourth-order valence-corrected chi connectivity index (χ4v) is 1.43. The van der Waals surface area contributed by atoms with Crippen molar-refractivity contribution in [2.24, 2.45) is 0 Å². The molecule has 1 rings (SSSR count). The van der Waals surface area contributed by atoms with E-state index in [4.69, 9.17) is 10.1 Å². The van der Waals surface area contributed by atoms with Gasteiger partial charge < -0.3 is 9.64 Å². The van der Waals surface area contributed by atoms with Crippen molar-refractivity contribution in [3.05, 3.63) is 0 Å². The maximum absolute atomic E-state index is 7.00. The van der Waals surface area contributed by atoms with E-state index in [2.05, 4.69) is 4.90 Å². The number of morpholine rings is 1. The Labute approximate surface area is 80.0 Å². The highest BCUT2D eigenvalue weighted by Gasteiger charge is 2.09. The molecule has 1 heterocycles. The lowest BCUT2D eigenvalue weighted by atomic mass is 10.3. The molecule has 0 spiro atoms.